The van der Waals surface area contributed by atoms with Crippen LogP contribution in [-0.4, -0.2) is 73.6 Å². The summed E-state index contributed by atoms with van der Waals surface area (Å²) in [7, 11) is 1.80. The second kappa shape index (κ2) is 9.55. The summed E-state index contributed by atoms with van der Waals surface area (Å²) in [6.07, 6.45) is 18.3. The van der Waals surface area contributed by atoms with Gasteiger partial charge in [0.15, 0.2) is 5.76 Å². The van der Waals surface area contributed by atoms with Gasteiger partial charge in [-0.2, -0.15) is 0 Å². The molecule has 2 heterocycles. The van der Waals surface area contributed by atoms with Crippen molar-refractivity contribution in [3.8, 4) is 0 Å². The molecule has 6 heteroatoms. The molecule has 1 unspecified atom stereocenters. The lowest BCUT2D eigenvalue weighted by Crippen LogP contribution is -2.43. The summed E-state index contributed by atoms with van der Waals surface area (Å²) in [4.78, 5) is 21.7. The van der Waals surface area contributed by atoms with Gasteiger partial charge in [-0.3, -0.25) is 19.6 Å². The Kier molecular flexibility index (Phi) is 6.62. The maximum Gasteiger partial charge on any atom is 0.294 e. The zero-order valence-corrected chi connectivity index (χ0v) is 17.3. The number of amidine groups is 1. The van der Waals surface area contributed by atoms with E-state index in [2.05, 4.69) is 29.2 Å². The largest absolute Gasteiger partial charge is 0.480 e. The first-order valence-corrected chi connectivity index (χ1v) is 10.8. The van der Waals surface area contributed by atoms with Crippen LogP contribution in [0.5, 0.6) is 0 Å². The first kappa shape index (κ1) is 20.1. The number of hydrogen-bond acceptors (Lipinski definition) is 5. The third-order valence-electron chi connectivity index (χ3n) is 6.01. The molecular formula is C23H31N3O3. The van der Waals surface area contributed by atoms with Crippen molar-refractivity contribution in [3.05, 3.63) is 47.8 Å². The molecule has 4 rings (SSSR count). The summed E-state index contributed by atoms with van der Waals surface area (Å²) < 4.78 is 11.3. The molecule has 1 atom stereocenters. The van der Waals surface area contributed by atoms with Crippen LogP contribution in [-0.2, 0) is 14.3 Å². The smallest absolute Gasteiger partial charge is 0.294 e. The lowest BCUT2D eigenvalue weighted by atomic mass is 9.96. The number of carbonyl (C=O) groups excluding carboxylic acids is 1. The molecule has 156 valence electrons. The highest BCUT2D eigenvalue weighted by Crippen LogP contribution is 2.23. The Bertz CT molecular complexity index is 753. The summed E-state index contributed by atoms with van der Waals surface area (Å²) in [5.41, 5.74) is 0.960. The van der Waals surface area contributed by atoms with Gasteiger partial charge < -0.3 is 9.47 Å². The van der Waals surface area contributed by atoms with Crippen LogP contribution < -0.4 is 0 Å². The Hall–Kier alpha value is -2.18. The highest BCUT2D eigenvalue weighted by Gasteiger charge is 2.28. The standard InChI is InChI=1S/C23H31N3O3/c1-25-22(24-19-7-3-2-4-8-19)17-29-21(23(25)27)16-18-6-5-9-20(11-10-18)26-12-14-28-15-13-26/h5-6,9-11,16,19-20H,2-4,7-8,12-15,17H2,1H3/b21-16+,24-22?. The number of amides is 1. The number of carbonyl (C=O) groups is 1. The van der Waals surface area contributed by atoms with Gasteiger partial charge >= 0.3 is 0 Å². The molecule has 2 aliphatic heterocycles. The van der Waals surface area contributed by atoms with Gasteiger partial charge in [-0.1, -0.05) is 49.6 Å². The average molecular weight is 398 g/mol. The van der Waals surface area contributed by atoms with Crippen molar-refractivity contribution in [3.63, 3.8) is 0 Å². The fourth-order valence-electron chi connectivity index (χ4n) is 4.21. The van der Waals surface area contributed by atoms with Gasteiger partial charge in [0.05, 0.1) is 19.3 Å². The maximum atomic E-state index is 12.8. The zero-order valence-electron chi connectivity index (χ0n) is 17.3. The van der Waals surface area contributed by atoms with Gasteiger partial charge in [-0.05, 0) is 24.5 Å². The topological polar surface area (TPSA) is 54.4 Å². The van der Waals surface area contributed by atoms with Crippen molar-refractivity contribution < 1.29 is 14.3 Å². The summed E-state index contributed by atoms with van der Waals surface area (Å²) >= 11 is 0. The van der Waals surface area contributed by atoms with E-state index in [9.17, 15) is 4.79 Å². The minimum Gasteiger partial charge on any atom is -0.480 e. The van der Waals surface area contributed by atoms with Crippen LogP contribution in [0.15, 0.2) is 52.8 Å². The van der Waals surface area contributed by atoms with Crippen molar-refractivity contribution >= 4 is 11.7 Å². The Labute approximate surface area is 173 Å². The van der Waals surface area contributed by atoms with Crippen molar-refractivity contribution in [1.29, 1.82) is 0 Å². The van der Waals surface area contributed by atoms with Crippen molar-refractivity contribution in [2.24, 2.45) is 4.99 Å². The van der Waals surface area contributed by atoms with E-state index in [4.69, 9.17) is 14.5 Å². The number of ether oxygens (including phenoxy) is 2. The average Bonchev–Trinajstić information content (AvgIpc) is 3.00. The fourth-order valence-corrected chi connectivity index (χ4v) is 4.21. The summed E-state index contributed by atoms with van der Waals surface area (Å²) in [5, 5.41) is 0. The van der Waals surface area contributed by atoms with E-state index in [-0.39, 0.29) is 11.9 Å². The lowest BCUT2D eigenvalue weighted by Gasteiger charge is -2.30. The van der Waals surface area contributed by atoms with Gasteiger partial charge in [0.25, 0.3) is 5.91 Å². The second-order valence-corrected chi connectivity index (χ2v) is 8.05. The number of likely N-dealkylation sites (N-methyl/N-ethyl adjacent to an activating group) is 1. The van der Waals surface area contributed by atoms with E-state index in [0.717, 1.165) is 50.6 Å². The van der Waals surface area contributed by atoms with Gasteiger partial charge in [-0.15, -0.1) is 0 Å². The zero-order chi connectivity index (χ0) is 20.1. The molecule has 0 aromatic rings. The van der Waals surface area contributed by atoms with Crippen LogP contribution >= 0.6 is 0 Å². The van der Waals surface area contributed by atoms with E-state index < -0.39 is 0 Å². The molecule has 3 fully saturated rings. The number of allylic oxidation sites excluding steroid dienone is 5. The molecule has 29 heavy (non-hydrogen) atoms. The van der Waals surface area contributed by atoms with Gasteiger partial charge in [-0.25, -0.2) is 0 Å². The van der Waals surface area contributed by atoms with Crippen molar-refractivity contribution in [1.82, 2.24) is 9.80 Å². The Morgan fingerprint density at radius 1 is 1.14 bits per heavy atom. The quantitative estimate of drug-likeness (QED) is 0.687. The molecule has 0 radical (unpaired) electrons. The number of nitrogens with zero attached hydrogens (tertiary/aromatic N) is 3. The van der Waals surface area contributed by atoms with Crippen molar-refractivity contribution in [2.45, 2.75) is 44.2 Å². The molecule has 2 saturated heterocycles. The second-order valence-electron chi connectivity index (χ2n) is 8.05. The monoisotopic (exact) mass is 397 g/mol. The van der Waals surface area contributed by atoms with E-state index in [0.29, 0.717) is 18.4 Å². The molecule has 1 amide bonds. The normalized spacial score (nSPS) is 29.8. The molecule has 1 saturated carbocycles. The highest BCUT2D eigenvalue weighted by atomic mass is 16.5. The maximum absolute atomic E-state index is 12.8. The number of morpholine rings is 2. The molecular weight excluding hydrogens is 366 g/mol. The molecule has 0 aromatic heterocycles. The fraction of sp³-hybridized carbons (Fsp3) is 0.565. The van der Waals surface area contributed by atoms with E-state index >= 15 is 0 Å². The van der Waals surface area contributed by atoms with Gasteiger partial charge in [0.2, 0.25) is 0 Å². The lowest BCUT2D eigenvalue weighted by molar-refractivity contribution is -0.127. The van der Waals surface area contributed by atoms with E-state index in [1.807, 2.05) is 12.2 Å². The van der Waals surface area contributed by atoms with Gasteiger partial charge in [0, 0.05) is 26.2 Å². The molecule has 6 nitrogen and oxygen atoms in total. The Balaban J connectivity index is 1.41. The number of rotatable bonds is 3. The molecule has 4 aliphatic rings. The number of hydrogen-bond donors (Lipinski definition) is 0. The van der Waals surface area contributed by atoms with Crippen LogP contribution in [0, 0.1) is 0 Å². The van der Waals surface area contributed by atoms with Gasteiger partial charge in [0.1, 0.15) is 12.4 Å². The third-order valence-corrected chi connectivity index (χ3v) is 6.01. The minimum absolute atomic E-state index is 0.127. The molecule has 2 aliphatic carbocycles. The van der Waals surface area contributed by atoms with Crippen LogP contribution in [0.3, 0.4) is 0 Å². The van der Waals surface area contributed by atoms with Crippen LogP contribution in [0.25, 0.3) is 0 Å². The summed E-state index contributed by atoms with van der Waals surface area (Å²) in [6.45, 7) is 3.79. The SMILES string of the molecule is CN1C(=O)/C(=C\C2=CC=CC(N3CCOCC3)C=C2)OCC1=NC1CCCCC1. The van der Waals surface area contributed by atoms with Crippen molar-refractivity contribution in [2.75, 3.05) is 40.0 Å². The first-order valence-electron chi connectivity index (χ1n) is 10.8. The molecule has 0 N–H and O–H groups in total. The van der Waals surface area contributed by atoms with E-state index in [1.165, 1.54) is 19.3 Å². The third kappa shape index (κ3) is 5.06. The number of aliphatic imine (C=N–C) groups is 1. The molecule has 0 aromatic carbocycles. The predicted octanol–water partition coefficient (Wildman–Crippen LogP) is 2.84. The van der Waals surface area contributed by atoms with Crippen LogP contribution in [0.2, 0.25) is 0 Å². The highest BCUT2D eigenvalue weighted by molar-refractivity contribution is 6.07. The summed E-state index contributed by atoms with van der Waals surface area (Å²) in [5.74, 6) is 0.999. The Morgan fingerprint density at radius 2 is 1.93 bits per heavy atom. The molecule has 0 spiro atoms. The first-order chi connectivity index (χ1) is 14.2. The van der Waals surface area contributed by atoms with Crippen LogP contribution in [0.4, 0.5) is 0 Å². The van der Waals surface area contributed by atoms with Crippen LogP contribution in [0.1, 0.15) is 32.1 Å². The summed E-state index contributed by atoms with van der Waals surface area (Å²) in [6, 6.07) is 0.587. The van der Waals surface area contributed by atoms with E-state index in [1.54, 1.807) is 11.9 Å². The predicted molar refractivity (Wildman–Crippen MR) is 114 cm³/mol. The Morgan fingerprint density at radius 3 is 2.72 bits per heavy atom. The molecule has 0 bridgehead atoms. The minimum atomic E-state index is -0.127.